The number of ether oxygens (including phenoxy) is 1. The molecule has 1 aromatic carbocycles. The minimum absolute atomic E-state index is 0.254. The molecule has 0 heterocycles. The minimum Gasteiger partial charge on any atom is -0.466 e. The first kappa shape index (κ1) is 13.5. The molecule has 0 saturated heterocycles. The van der Waals surface area contributed by atoms with Crippen LogP contribution in [0.3, 0.4) is 0 Å². The van der Waals surface area contributed by atoms with Gasteiger partial charge in [-0.05, 0) is 31.5 Å². The van der Waals surface area contributed by atoms with Gasteiger partial charge in [-0.2, -0.15) is 13.2 Å². The molecule has 0 spiro atoms. The normalized spacial score (nSPS) is 13.2. The van der Waals surface area contributed by atoms with Crippen LogP contribution in [0.25, 0.3) is 0 Å². The number of halogens is 3. The SMILES string of the molecule is CCOC(=O)C(C)c1ccc(C(F)(F)F)cc1. The van der Waals surface area contributed by atoms with Gasteiger partial charge in [-0.15, -0.1) is 0 Å². The van der Waals surface area contributed by atoms with E-state index in [9.17, 15) is 18.0 Å². The topological polar surface area (TPSA) is 26.3 Å². The summed E-state index contributed by atoms with van der Waals surface area (Å²) in [6.07, 6.45) is -4.36. The maximum absolute atomic E-state index is 12.3. The number of carbonyl (C=O) groups is 1. The average Bonchev–Trinajstić information content (AvgIpc) is 2.27. The fourth-order valence-corrected chi connectivity index (χ4v) is 1.36. The second kappa shape index (κ2) is 5.21. The molecule has 94 valence electrons. The molecule has 17 heavy (non-hydrogen) atoms. The second-order valence-electron chi connectivity index (χ2n) is 3.59. The van der Waals surface area contributed by atoms with Crippen LogP contribution in [0.4, 0.5) is 13.2 Å². The Labute approximate surface area is 97.4 Å². The monoisotopic (exact) mass is 246 g/mol. The van der Waals surface area contributed by atoms with Gasteiger partial charge >= 0.3 is 12.1 Å². The van der Waals surface area contributed by atoms with Crippen molar-refractivity contribution in [1.82, 2.24) is 0 Å². The molecule has 0 N–H and O–H groups in total. The molecule has 1 unspecified atom stereocenters. The highest BCUT2D eigenvalue weighted by Crippen LogP contribution is 2.30. The van der Waals surface area contributed by atoms with Crippen LogP contribution in [0.1, 0.15) is 30.9 Å². The fraction of sp³-hybridized carbons (Fsp3) is 0.417. The summed E-state index contributed by atoms with van der Waals surface area (Å²) in [5.74, 6) is -0.996. The molecule has 0 aliphatic carbocycles. The summed E-state index contributed by atoms with van der Waals surface area (Å²) >= 11 is 0. The summed E-state index contributed by atoms with van der Waals surface area (Å²) in [7, 11) is 0. The summed E-state index contributed by atoms with van der Waals surface area (Å²) in [6, 6.07) is 4.52. The zero-order valence-corrected chi connectivity index (χ0v) is 9.54. The Morgan fingerprint density at radius 1 is 1.29 bits per heavy atom. The second-order valence-corrected chi connectivity index (χ2v) is 3.59. The molecule has 0 fully saturated rings. The maximum Gasteiger partial charge on any atom is 0.416 e. The summed E-state index contributed by atoms with van der Waals surface area (Å²) in [6.45, 7) is 3.53. The predicted octanol–water partition coefficient (Wildman–Crippen LogP) is 3.37. The van der Waals surface area contributed by atoms with Gasteiger partial charge in [0.15, 0.2) is 0 Å². The van der Waals surface area contributed by atoms with Gasteiger partial charge in [-0.25, -0.2) is 0 Å². The van der Waals surface area contributed by atoms with Crippen LogP contribution < -0.4 is 0 Å². The molecule has 2 nitrogen and oxygen atoms in total. The van der Waals surface area contributed by atoms with E-state index in [2.05, 4.69) is 0 Å². The third kappa shape index (κ3) is 3.47. The third-order valence-electron chi connectivity index (χ3n) is 2.38. The molecule has 1 rings (SSSR count). The number of hydrogen-bond acceptors (Lipinski definition) is 2. The van der Waals surface area contributed by atoms with E-state index in [1.807, 2.05) is 0 Å². The van der Waals surface area contributed by atoms with Crippen molar-refractivity contribution in [2.45, 2.75) is 25.9 Å². The van der Waals surface area contributed by atoms with Crippen molar-refractivity contribution in [3.8, 4) is 0 Å². The van der Waals surface area contributed by atoms with E-state index >= 15 is 0 Å². The van der Waals surface area contributed by atoms with Gasteiger partial charge in [0.25, 0.3) is 0 Å². The average molecular weight is 246 g/mol. The van der Waals surface area contributed by atoms with Gasteiger partial charge in [-0.3, -0.25) is 4.79 Å². The first-order valence-corrected chi connectivity index (χ1v) is 5.20. The standard InChI is InChI=1S/C12H13F3O2/c1-3-17-11(16)8(2)9-4-6-10(7-5-9)12(13,14)15/h4-8H,3H2,1-2H3. The van der Waals surface area contributed by atoms with Gasteiger partial charge in [0.2, 0.25) is 0 Å². The Bertz CT molecular complexity index is 382. The van der Waals surface area contributed by atoms with Crippen LogP contribution in [0.5, 0.6) is 0 Å². The van der Waals surface area contributed by atoms with Crippen LogP contribution in [0.2, 0.25) is 0 Å². The van der Waals surface area contributed by atoms with Crippen molar-refractivity contribution < 1.29 is 22.7 Å². The van der Waals surface area contributed by atoms with E-state index in [0.717, 1.165) is 12.1 Å². The number of rotatable bonds is 3. The predicted molar refractivity (Wildman–Crippen MR) is 56.5 cm³/mol. The van der Waals surface area contributed by atoms with Crippen LogP contribution in [-0.2, 0) is 15.7 Å². The summed E-state index contributed by atoms with van der Waals surface area (Å²) in [5.41, 5.74) is -0.214. The molecule has 5 heteroatoms. The summed E-state index contributed by atoms with van der Waals surface area (Å²) < 4.78 is 41.7. The van der Waals surface area contributed by atoms with Crippen molar-refractivity contribution in [3.63, 3.8) is 0 Å². The zero-order chi connectivity index (χ0) is 13.1. The van der Waals surface area contributed by atoms with E-state index in [4.69, 9.17) is 4.74 Å². The summed E-state index contributed by atoms with van der Waals surface area (Å²) in [5, 5.41) is 0. The molecule has 0 amide bonds. The third-order valence-corrected chi connectivity index (χ3v) is 2.38. The Balaban J connectivity index is 2.84. The lowest BCUT2D eigenvalue weighted by atomic mass is 10.00. The number of benzene rings is 1. The van der Waals surface area contributed by atoms with Gasteiger partial charge in [-0.1, -0.05) is 12.1 Å². The van der Waals surface area contributed by atoms with E-state index in [1.54, 1.807) is 13.8 Å². The minimum atomic E-state index is -4.36. The highest BCUT2D eigenvalue weighted by atomic mass is 19.4. The Hall–Kier alpha value is -1.52. The molecule has 0 aromatic heterocycles. The van der Waals surface area contributed by atoms with Gasteiger partial charge in [0.05, 0.1) is 18.1 Å². The van der Waals surface area contributed by atoms with Crippen molar-refractivity contribution in [1.29, 1.82) is 0 Å². The highest BCUT2D eigenvalue weighted by Gasteiger charge is 2.30. The Morgan fingerprint density at radius 2 is 1.82 bits per heavy atom. The van der Waals surface area contributed by atoms with Crippen LogP contribution in [-0.4, -0.2) is 12.6 Å². The molecule has 0 radical (unpaired) electrons. The number of hydrogen-bond donors (Lipinski definition) is 0. The largest absolute Gasteiger partial charge is 0.466 e. The Kier molecular flexibility index (Phi) is 4.15. The highest BCUT2D eigenvalue weighted by molar-refractivity contribution is 5.77. The van der Waals surface area contributed by atoms with Crippen LogP contribution >= 0.6 is 0 Å². The Morgan fingerprint density at radius 3 is 2.24 bits per heavy atom. The smallest absolute Gasteiger partial charge is 0.416 e. The van der Waals surface area contributed by atoms with Gasteiger partial charge < -0.3 is 4.74 Å². The first-order valence-electron chi connectivity index (χ1n) is 5.20. The first-order chi connectivity index (χ1) is 7.86. The lowest BCUT2D eigenvalue weighted by Gasteiger charge is -2.12. The summed E-state index contributed by atoms with van der Waals surface area (Å²) in [4.78, 5) is 11.4. The zero-order valence-electron chi connectivity index (χ0n) is 9.54. The molecular formula is C12H13F3O2. The lowest BCUT2D eigenvalue weighted by Crippen LogP contribution is -2.13. The quantitative estimate of drug-likeness (QED) is 0.764. The van der Waals surface area contributed by atoms with Crippen molar-refractivity contribution >= 4 is 5.97 Å². The number of esters is 1. The number of carbonyl (C=O) groups excluding carboxylic acids is 1. The van der Waals surface area contributed by atoms with Crippen molar-refractivity contribution in [3.05, 3.63) is 35.4 Å². The van der Waals surface area contributed by atoms with Gasteiger partial charge in [0.1, 0.15) is 0 Å². The molecule has 1 atom stereocenters. The molecular weight excluding hydrogens is 233 g/mol. The van der Waals surface area contributed by atoms with E-state index in [0.29, 0.717) is 5.56 Å². The van der Waals surface area contributed by atoms with E-state index in [-0.39, 0.29) is 6.61 Å². The fourth-order valence-electron chi connectivity index (χ4n) is 1.36. The molecule has 0 saturated carbocycles. The van der Waals surface area contributed by atoms with Crippen LogP contribution in [0, 0.1) is 0 Å². The molecule has 0 aliphatic rings. The van der Waals surface area contributed by atoms with E-state index < -0.39 is 23.6 Å². The molecule has 0 bridgehead atoms. The molecule has 0 aliphatic heterocycles. The van der Waals surface area contributed by atoms with Crippen LogP contribution in [0.15, 0.2) is 24.3 Å². The molecule has 1 aromatic rings. The maximum atomic E-state index is 12.3. The van der Waals surface area contributed by atoms with E-state index in [1.165, 1.54) is 12.1 Å². The number of alkyl halides is 3. The lowest BCUT2D eigenvalue weighted by molar-refractivity contribution is -0.144. The van der Waals surface area contributed by atoms with Gasteiger partial charge in [0, 0.05) is 0 Å². The van der Waals surface area contributed by atoms with Crippen molar-refractivity contribution in [2.24, 2.45) is 0 Å². The van der Waals surface area contributed by atoms with Crippen molar-refractivity contribution in [2.75, 3.05) is 6.61 Å².